The molecule has 0 aliphatic heterocycles. The number of halogens is 2. The van der Waals surface area contributed by atoms with Crippen molar-refractivity contribution in [3.63, 3.8) is 0 Å². The van der Waals surface area contributed by atoms with Gasteiger partial charge in [0.2, 0.25) is 0 Å². The number of carboxylic acids is 1. The van der Waals surface area contributed by atoms with Crippen LogP contribution in [-0.2, 0) is 0 Å². The second-order valence-electron chi connectivity index (χ2n) is 3.89. The van der Waals surface area contributed by atoms with E-state index < -0.39 is 11.8 Å². The molecule has 98 valence electrons. The number of pyridine rings is 1. The molecule has 0 saturated heterocycles. The lowest BCUT2D eigenvalue weighted by Gasteiger charge is -2.08. The van der Waals surface area contributed by atoms with Gasteiger partial charge in [0.1, 0.15) is 11.6 Å². The topological polar surface area (TPSA) is 62.2 Å². The molecule has 2 rings (SSSR count). The van der Waals surface area contributed by atoms with E-state index in [1.807, 2.05) is 0 Å². The van der Waals surface area contributed by atoms with Crippen LogP contribution in [0.25, 0.3) is 0 Å². The van der Waals surface area contributed by atoms with Gasteiger partial charge in [-0.3, -0.25) is 0 Å². The predicted molar refractivity (Wildman–Crippen MR) is 70.6 cm³/mol. The number of hydrogen-bond acceptors (Lipinski definition) is 3. The van der Waals surface area contributed by atoms with Crippen LogP contribution in [0, 0.1) is 12.7 Å². The first-order chi connectivity index (χ1) is 8.97. The van der Waals surface area contributed by atoms with Crippen LogP contribution < -0.4 is 5.32 Å². The summed E-state index contributed by atoms with van der Waals surface area (Å²) in [7, 11) is 0. The molecule has 19 heavy (non-hydrogen) atoms. The van der Waals surface area contributed by atoms with E-state index in [9.17, 15) is 9.18 Å². The summed E-state index contributed by atoms with van der Waals surface area (Å²) in [6.45, 7) is 1.59. The van der Waals surface area contributed by atoms with E-state index in [0.29, 0.717) is 17.2 Å². The van der Waals surface area contributed by atoms with Crippen LogP contribution in [0.5, 0.6) is 0 Å². The number of anilines is 2. The van der Waals surface area contributed by atoms with Gasteiger partial charge < -0.3 is 10.4 Å². The van der Waals surface area contributed by atoms with Gasteiger partial charge in [-0.2, -0.15) is 0 Å². The zero-order chi connectivity index (χ0) is 14.0. The Morgan fingerprint density at radius 2 is 2.11 bits per heavy atom. The third-order valence-corrected chi connectivity index (χ3v) is 2.81. The highest BCUT2D eigenvalue weighted by Gasteiger charge is 2.09. The fraction of sp³-hybridized carbons (Fsp3) is 0.0769. The monoisotopic (exact) mass is 280 g/mol. The van der Waals surface area contributed by atoms with E-state index in [-0.39, 0.29) is 10.6 Å². The van der Waals surface area contributed by atoms with Gasteiger partial charge in [-0.15, -0.1) is 0 Å². The van der Waals surface area contributed by atoms with Crippen molar-refractivity contribution in [2.75, 3.05) is 5.32 Å². The quantitative estimate of drug-likeness (QED) is 0.901. The summed E-state index contributed by atoms with van der Waals surface area (Å²) in [4.78, 5) is 14.9. The number of nitrogens with zero attached hydrogens (tertiary/aromatic N) is 1. The summed E-state index contributed by atoms with van der Waals surface area (Å²) in [5, 5.41) is 11.8. The van der Waals surface area contributed by atoms with Gasteiger partial charge in [0.25, 0.3) is 0 Å². The Morgan fingerprint density at radius 1 is 1.37 bits per heavy atom. The lowest BCUT2D eigenvalue weighted by Crippen LogP contribution is -2.03. The number of carboxylic acid groups (broad SMARTS) is 1. The Kier molecular flexibility index (Phi) is 3.66. The smallest absolute Gasteiger partial charge is 0.337 e. The van der Waals surface area contributed by atoms with E-state index in [0.717, 1.165) is 0 Å². The van der Waals surface area contributed by atoms with Gasteiger partial charge >= 0.3 is 5.97 Å². The van der Waals surface area contributed by atoms with Gasteiger partial charge in [0.05, 0.1) is 16.3 Å². The molecule has 4 nitrogen and oxygen atoms in total. The van der Waals surface area contributed by atoms with E-state index in [1.54, 1.807) is 13.0 Å². The fourth-order valence-electron chi connectivity index (χ4n) is 1.58. The Morgan fingerprint density at radius 3 is 2.68 bits per heavy atom. The summed E-state index contributed by atoms with van der Waals surface area (Å²) < 4.78 is 13.3. The van der Waals surface area contributed by atoms with Crippen LogP contribution >= 0.6 is 11.6 Å². The van der Waals surface area contributed by atoms with Crippen LogP contribution in [-0.4, -0.2) is 16.1 Å². The molecule has 0 unspecified atom stereocenters. The molecule has 0 aliphatic carbocycles. The molecule has 6 heteroatoms. The van der Waals surface area contributed by atoms with Crippen molar-refractivity contribution < 1.29 is 14.3 Å². The van der Waals surface area contributed by atoms with Crippen LogP contribution in [0.15, 0.2) is 30.3 Å². The molecular formula is C13H10ClFN2O2. The third kappa shape index (κ3) is 3.00. The second kappa shape index (κ2) is 5.24. The van der Waals surface area contributed by atoms with Gasteiger partial charge in [-0.05, 0) is 37.3 Å². The molecule has 2 N–H and O–H groups in total. The molecule has 0 fully saturated rings. The summed E-state index contributed by atoms with van der Waals surface area (Å²) in [6, 6.07) is 7.23. The zero-order valence-electron chi connectivity index (χ0n) is 9.95. The molecular weight excluding hydrogens is 271 g/mol. The van der Waals surface area contributed by atoms with Crippen molar-refractivity contribution in [3.05, 3.63) is 52.4 Å². The molecule has 0 aliphatic rings. The molecule has 0 bridgehead atoms. The van der Waals surface area contributed by atoms with Crippen LogP contribution in [0.1, 0.15) is 16.1 Å². The maximum absolute atomic E-state index is 13.3. The van der Waals surface area contributed by atoms with Crippen molar-refractivity contribution >= 4 is 29.1 Å². The molecule has 0 amide bonds. The number of nitrogens with one attached hydrogen (secondary N) is 1. The fourth-order valence-corrected chi connectivity index (χ4v) is 1.70. The normalized spacial score (nSPS) is 10.3. The Balaban J connectivity index is 2.26. The average molecular weight is 281 g/mol. The first-order valence-corrected chi connectivity index (χ1v) is 5.78. The van der Waals surface area contributed by atoms with Crippen molar-refractivity contribution in [1.82, 2.24) is 4.98 Å². The van der Waals surface area contributed by atoms with E-state index in [2.05, 4.69) is 10.3 Å². The predicted octanol–water partition coefficient (Wildman–Crippen LogP) is 3.62. The van der Waals surface area contributed by atoms with E-state index in [4.69, 9.17) is 16.7 Å². The van der Waals surface area contributed by atoms with Crippen molar-refractivity contribution in [3.8, 4) is 0 Å². The van der Waals surface area contributed by atoms with Crippen LogP contribution in [0.3, 0.4) is 0 Å². The average Bonchev–Trinajstić information content (AvgIpc) is 2.33. The first-order valence-electron chi connectivity index (χ1n) is 5.40. The number of hydrogen-bond donors (Lipinski definition) is 2. The van der Waals surface area contributed by atoms with Gasteiger partial charge in [0, 0.05) is 5.69 Å². The number of rotatable bonds is 3. The van der Waals surface area contributed by atoms with Gasteiger partial charge in [0.15, 0.2) is 0 Å². The maximum Gasteiger partial charge on any atom is 0.337 e. The highest BCUT2D eigenvalue weighted by atomic mass is 35.5. The molecule has 1 aromatic heterocycles. The lowest BCUT2D eigenvalue weighted by atomic mass is 10.2. The minimum Gasteiger partial charge on any atom is -0.478 e. The Bertz CT molecular complexity index is 647. The third-order valence-electron chi connectivity index (χ3n) is 2.51. The Hall–Kier alpha value is -2.14. The summed E-state index contributed by atoms with van der Waals surface area (Å²) in [5.74, 6) is -1.14. The summed E-state index contributed by atoms with van der Waals surface area (Å²) in [6.07, 6.45) is 0. The molecule has 0 saturated carbocycles. The summed E-state index contributed by atoms with van der Waals surface area (Å²) in [5.41, 5.74) is 0.997. The number of aryl methyl sites for hydroxylation is 1. The minimum absolute atomic E-state index is 0.0379. The number of aromatic nitrogens is 1. The SMILES string of the molecule is Cc1nc(Nc2ccc(Cl)c(F)c2)ccc1C(=O)O. The minimum atomic E-state index is -1.03. The molecule has 1 aromatic carbocycles. The highest BCUT2D eigenvalue weighted by Crippen LogP contribution is 2.21. The first kappa shape index (κ1) is 13.3. The Labute approximate surface area is 113 Å². The standard InChI is InChI=1S/C13H10ClFN2O2/c1-7-9(13(18)19)3-5-12(16-7)17-8-2-4-10(14)11(15)6-8/h2-6H,1H3,(H,16,17)(H,18,19). The zero-order valence-corrected chi connectivity index (χ0v) is 10.7. The maximum atomic E-state index is 13.3. The number of carbonyl (C=O) groups is 1. The highest BCUT2D eigenvalue weighted by molar-refractivity contribution is 6.30. The lowest BCUT2D eigenvalue weighted by molar-refractivity contribution is 0.0695. The molecule has 1 heterocycles. The second-order valence-corrected chi connectivity index (χ2v) is 4.30. The molecule has 0 radical (unpaired) electrons. The summed E-state index contributed by atoms with van der Waals surface area (Å²) >= 11 is 5.58. The van der Waals surface area contributed by atoms with Crippen molar-refractivity contribution in [1.29, 1.82) is 0 Å². The van der Waals surface area contributed by atoms with Crippen LogP contribution in [0.2, 0.25) is 5.02 Å². The van der Waals surface area contributed by atoms with Crippen molar-refractivity contribution in [2.45, 2.75) is 6.92 Å². The molecule has 0 spiro atoms. The van der Waals surface area contributed by atoms with E-state index in [1.165, 1.54) is 24.3 Å². The van der Waals surface area contributed by atoms with Gasteiger partial charge in [-0.1, -0.05) is 11.6 Å². The van der Waals surface area contributed by atoms with Gasteiger partial charge in [-0.25, -0.2) is 14.2 Å². The van der Waals surface area contributed by atoms with E-state index >= 15 is 0 Å². The number of benzene rings is 1. The molecule has 0 atom stereocenters. The van der Waals surface area contributed by atoms with Crippen molar-refractivity contribution in [2.24, 2.45) is 0 Å². The number of aromatic carboxylic acids is 1. The molecule has 2 aromatic rings. The largest absolute Gasteiger partial charge is 0.478 e. The van der Waals surface area contributed by atoms with Crippen LogP contribution in [0.4, 0.5) is 15.9 Å².